The van der Waals surface area contributed by atoms with Crippen LogP contribution in [0.1, 0.15) is 5.89 Å². The molecular weight excluding hydrogens is 319 g/mol. The fourth-order valence-electron chi connectivity index (χ4n) is 2.15. The second-order valence-electron chi connectivity index (χ2n) is 4.83. The number of ether oxygens (including phenoxy) is 1. The van der Waals surface area contributed by atoms with E-state index >= 15 is 0 Å². The van der Waals surface area contributed by atoms with E-state index in [4.69, 9.17) is 20.8 Å². The Hall–Kier alpha value is -2.53. The van der Waals surface area contributed by atoms with Gasteiger partial charge in [-0.3, -0.25) is 0 Å². The first kappa shape index (κ1) is 15.4. The average Bonchev–Trinajstić information content (AvgIpc) is 3.02. The maximum atomic E-state index is 13.2. The Morgan fingerprint density at radius 3 is 2.91 bits per heavy atom. The molecule has 0 atom stereocenters. The summed E-state index contributed by atoms with van der Waals surface area (Å²) < 4.78 is 24.0. The summed E-state index contributed by atoms with van der Waals surface area (Å²) in [6.45, 7) is 0.350. The molecule has 0 aliphatic carbocycles. The molecule has 1 N–H and O–H groups in total. The van der Waals surface area contributed by atoms with E-state index in [2.05, 4.69) is 10.3 Å². The first-order valence-corrected chi connectivity index (χ1v) is 7.31. The molecule has 0 saturated heterocycles. The topological polar surface area (TPSA) is 47.3 Å². The summed E-state index contributed by atoms with van der Waals surface area (Å²) in [7, 11) is 1.49. The maximum Gasteiger partial charge on any atom is 0.214 e. The highest BCUT2D eigenvalue weighted by Gasteiger charge is 2.09. The van der Waals surface area contributed by atoms with Crippen molar-refractivity contribution in [1.82, 2.24) is 4.98 Å². The fourth-order valence-corrected chi connectivity index (χ4v) is 2.34. The van der Waals surface area contributed by atoms with E-state index in [9.17, 15) is 4.39 Å². The van der Waals surface area contributed by atoms with Crippen molar-refractivity contribution < 1.29 is 13.5 Å². The van der Waals surface area contributed by atoms with Gasteiger partial charge in [-0.25, -0.2) is 9.37 Å². The summed E-state index contributed by atoms with van der Waals surface area (Å²) in [6, 6.07) is 11.6. The SMILES string of the molecule is COc1cc(F)ccc1NCc1ncc(-c2cccc(Cl)c2)o1. The summed E-state index contributed by atoms with van der Waals surface area (Å²) in [4.78, 5) is 4.22. The molecule has 0 aliphatic rings. The van der Waals surface area contributed by atoms with Gasteiger partial charge in [-0.05, 0) is 24.3 Å². The Morgan fingerprint density at radius 1 is 1.26 bits per heavy atom. The highest BCUT2D eigenvalue weighted by atomic mass is 35.5. The molecule has 0 bridgehead atoms. The summed E-state index contributed by atoms with van der Waals surface area (Å²) in [6.07, 6.45) is 1.64. The van der Waals surface area contributed by atoms with Crippen LogP contribution in [0.15, 0.2) is 53.1 Å². The van der Waals surface area contributed by atoms with E-state index in [0.717, 1.165) is 5.56 Å². The molecule has 6 heteroatoms. The molecule has 2 aromatic carbocycles. The van der Waals surface area contributed by atoms with Crippen LogP contribution in [0.2, 0.25) is 5.02 Å². The van der Waals surface area contributed by atoms with Crippen LogP contribution in [-0.4, -0.2) is 12.1 Å². The van der Waals surface area contributed by atoms with Crippen molar-refractivity contribution in [2.45, 2.75) is 6.54 Å². The van der Waals surface area contributed by atoms with Gasteiger partial charge in [-0.15, -0.1) is 0 Å². The van der Waals surface area contributed by atoms with Crippen LogP contribution in [0, 0.1) is 5.82 Å². The maximum absolute atomic E-state index is 13.2. The molecule has 0 spiro atoms. The van der Waals surface area contributed by atoms with Crippen LogP contribution in [0.4, 0.5) is 10.1 Å². The Labute approximate surface area is 137 Å². The lowest BCUT2D eigenvalue weighted by molar-refractivity contribution is 0.412. The molecule has 118 valence electrons. The van der Waals surface area contributed by atoms with E-state index in [1.807, 2.05) is 18.2 Å². The van der Waals surface area contributed by atoms with Crippen LogP contribution in [0.5, 0.6) is 5.75 Å². The van der Waals surface area contributed by atoms with Gasteiger partial charge in [-0.2, -0.15) is 0 Å². The molecule has 0 aliphatic heterocycles. The highest BCUT2D eigenvalue weighted by Crippen LogP contribution is 2.27. The lowest BCUT2D eigenvalue weighted by Gasteiger charge is -2.09. The molecule has 0 amide bonds. The van der Waals surface area contributed by atoms with Crippen LogP contribution < -0.4 is 10.1 Å². The molecule has 1 heterocycles. The van der Waals surface area contributed by atoms with E-state index in [-0.39, 0.29) is 5.82 Å². The Kier molecular flexibility index (Phi) is 4.48. The smallest absolute Gasteiger partial charge is 0.214 e. The molecule has 0 radical (unpaired) electrons. The van der Waals surface area contributed by atoms with Crippen LogP contribution >= 0.6 is 11.6 Å². The van der Waals surface area contributed by atoms with Crippen molar-refractivity contribution in [3.8, 4) is 17.1 Å². The number of halogens is 2. The minimum atomic E-state index is -0.355. The van der Waals surface area contributed by atoms with Gasteiger partial charge in [0.2, 0.25) is 5.89 Å². The second kappa shape index (κ2) is 6.71. The average molecular weight is 333 g/mol. The van der Waals surface area contributed by atoms with Crippen molar-refractivity contribution in [1.29, 1.82) is 0 Å². The zero-order chi connectivity index (χ0) is 16.2. The number of oxazole rings is 1. The molecule has 0 fully saturated rings. The summed E-state index contributed by atoms with van der Waals surface area (Å²) in [5.41, 5.74) is 1.52. The van der Waals surface area contributed by atoms with E-state index in [1.165, 1.54) is 19.2 Å². The van der Waals surface area contributed by atoms with Crippen molar-refractivity contribution in [2.75, 3.05) is 12.4 Å². The number of nitrogens with zero attached hydrogens (tertiary/aromatic N) is 1. The molecule has 0 unspecified atom stereocenters. The minimum Gasteiger partial charge on any atom is -0.494 e. The number of methoxy groups -OCH3 is 1. The van der Waals surface area contributed by atoms with Gasteiger partial charge in [0.25, 0.3) is 0 Å². The number of anilines is 1. The number of hydrogen-bond acceptors (Lipinski definition) is 4. The predicted octanol–water partition coefficient (Wildman–Crippen LogP) is 4.75. The second-order valence-corrected chi connectivity index (χ2v) is 5.26. The highest BCUT2D eigenvalue weighted by molar-refractivity contribution is 6.30. The number of hydrogen-bond donors (Lipinski definition) is 1. The third kappa shape index (κ3) is 3.63. The number of nitrogens with one attached hydrogen (secondary N) is 1. The standard InChI is InChI=1S/C17H14ClFN2O2/c1-22-15-8-13(19)5-6-14(15)20-10-17-21-9-16(23-17)11-3-2-4-12(18)7-11/h2-9,20H,10H2,1H3. The van der Waals surface area contributed by atoms with Gasteiger partial charge in [0.1, 0.15) is 11.6 Å². The Bertz CT molecular complexity index is 820. The first-order chi connectivity index (χ1) is 11.2. The van der Waals surface area contributed by atoms with E-state index < -0.39 is 0 Å². The van der Waals surface area contributed by atoms with Gasteiger partial charge in [0.05, 0.1) is 25.5 Å². The number of aromatic nitrogens is 1. The fraction of sp³-hybridized carbons (Fsp3) is 0.118. The molecule has 3 aromatic rings. The van der Waals surface area contributed by atoms with Crippen LogP contribution in [-0.2, 0) is 6.54 Å². The van der Waals surface area contributed by atoms with Gasteiger partial charge >= 0.3 is 0 Å². The van der Waals surface area contributed by atoms with Gasteiger partial charge in [0.15, 0.2) is 5.76 Å². The third-order valence-electron chi connectivity index (χ3n) is 3.26. The summed E-state index contributed by atoms with van der Waals surface area (Å²) in [5, 5.41) is 3.74. The summed E-state index contributed by atoms with van der Waals surface area (Å²) >= 11 is 5.97. The Morgan fingerprint density at radius 2 is 2.13 bits per heavy atom. The normalized spacial score (nSPS) is 10.6. The molecule has 0 saturated carbocycles. The lowest BCUT2D eigenvalue weighted by Crippen LogP contribution is -2.01. The van der Waals surface area contributed by atoms with Crippen molar-refractivity contribution in [3.63, 3.8) is 0 Å². The minimum absolute atomic E-state index is 0.350. The molecule has 23 heavy (non-hydrogen) atoms. The zero-order valence-electron chi connectivity index (χ0n) is 12.3. The van der Waals surface area contributed by atoms with Gasteiger partial charge < -0.3 is 14.5 Å². The number of rotatable bonds is 5. The van der Waals surface area contributed by atoms with E-state index in [0.29, 0.717) is 34.7 Å². The quantitative estimate of drug-likeness (QED) is 0.732. The zero-order valence-corrected chi connectivity index (χ0v) is 13.1. The molecule has 3 rings (SSSR count). The summed E-state index contributed by atoms with van der Waals surface area (Å²) in [5.74, 6) is 1.21. The third-order valence-corrected chi connectivity index (χ3v) is 3.49. The first-order valence-electron chi connectivity index (χ1n) is 6.94. The van der Waals surface area contributed by atoms with Crippen molar-refractivity contribution in [2.24, 2.45) is 0 Å². The van der Waals surface area contributed by atoms with Crippen LogP contribution in [0.3, 0.4) is 0 Å². The van der Waals surface area contributed by atoms with Gasteiger partial charge in [0, 0.05) is 16.7 Å². The monoisotopic (exact) mass is 332 g/mol. The van der Waals surface area contributed by atoms with Crippen molar-refractivity contribution >= 4 is 17.3 Å². The molecule has 1 aromatic heterocycles. The largest absolute Gasteiger partial charge is 0.494 e. The van der Waals surface area contributed by atoms with Crippen molar-refractivity contribution in [3.05, 3.63) is 65.4 Å². The Balaban J connectivity index is 1.73. The predicted molar refractivity (Wildman–Crippen MR) is 87.2 cm³/mol. The lowest BCUT2D eigenvalue weighted by atomic mass is 10.2. The van der Waals surface area contributed by atoms with E-state index in [1.54, 1.807) is 18.3 Å². The number of benzene rings is 2. The molecule has 4 nitrogen and oxygen atoms in total. The van der Waals surface area contributed by atoms with Gasteiger partial charge in [-0.1, -0.05) is 23.7 Å². The molecular formula is C17H14ClFN2O2. The van der Waals surface area contributed by atoms with Crippen LogP contribution in [0.25, 0.3) is 11.3 Å².